The molecule has 1 aromatic carbocycles. The minimum Gasteiger partial charge on any atom is -0.392 e. The summed E-state index contributed by atoms with van der Waals surface area (Å²) in [4.78, 5) is 12.9. The Bertz CT molecular complexity index is 542. The van der Waals surface area contributed by atoms with Gasteiger partial charge in [0.05, 0.1) is 10.7 Å². The van der Waals surface area contributed by atoms with Gasteiger partial charge in [-0.25, -0.2) is 0 Å². The van der Waals surface area contributed by atoms with Crippen molar-refractivity contribution < 1.29 is 9.53 Å². The highest BCUT2D eigenvalue weighted by molar-refractivity contribution is 9.10. The molecule has 1 saturated heterocycles. The highest BCUT2D eigenvalue weighted by Gasteiger charge is 2.43. The van der Waals surface area contributed by atoms with E-state index in [-0.39, 0.29) is 10.9 Å². The van der Waals surface area contributed by atoms with Crippen molar-refractivity contribution in [3.8, 4) is 0 Å². The molecule has 3 N–H and O–H groups in total. The molecule has 1 aliphatic heterocycles. The molecule has 0 spiro atoms. The molecule has 6 heteroatoms. The molecule has 0 saturated carbocycles. The predicted octanol–water partition coefficient (Wildman–Crippen LogP) is 2.78. The van der Waals surface area contributed by atoms with E-state index in [1.807, 2.05) is 25.1 Å². The van der Waals surface area contributed by atoms with Crippen molar-refractivity contribution >= 4 is 44.7 Å². The first-order valence-corrected chi connectivity index (χ1v) is 7.61. The van der Waals surface area contributed by atoms with Crippen LogP contribution in [0.5, 0.6) is 0 Å². The molecule has 1 heterocycles. The van der Waals surface area contributed by atoms with Crippen LogP contribution in [0.15, 0.2) is 22.7 Å². The summed E-state index contributed by atoms with van der Waals surface area (Å²) in [6.45, 7) is 2.99. The molecule has 0 unspecified atom stereocenters. The van der Waals surface area contributed by atoms with E-state index in [4.69, 9.17) is 22.7 Å². The normalized spacial score (nSPS) is 17.5. The molecular weight excluding hydrogens is 340 g/mol. The van der Waals surface area contributed by atoms with Crippen molar-refractivity contribution in [2.24, 2.45) is 11.1 Å². The van der Waals surface area contributed by atoms with Gasteiger partial charge in [0, 0.05) is 17.7 Å². The lowest BCUT2D eigenvalue weighted by molar-refractivity contribution is -0.126. The van der Waals surface area contributed by atoms with Gasteiger partial charge < -0.3 is 15.8 Å². The van der Waals surface area contributed by atoms with Gasteiger partial charge in [0.2, 0.25) is 5.91 Å². The van der Waals surface area contributed by atoms with Crippen LogP contribution in [-0.2, 0) is 9.53 Å². The highest BCUT2D eigenvalue weighted by Crippen LogP contribution is 2.34. The summed E-state index contributed by atoms with van der Waals surface area (Å²) >= 11 is 8.57. The molecular formula is C14H17BrN2O2S. The second-order valence-electron chi connectivity index (χ2n) is 5.00. The number of carbonyl (C=O) groups is 1. The van der Waals surface area contributed by atoms with Crippen LogP contribution in [0.4, 0.5) is 5.69 Å². The predicted molar refractivity (Wildman–Crippen MR) is 86.8 cm³/mol. The number of hydrogen-bond acceptors (Lipinski definition) is 3. The summed E-state index contributed by atoms with van der Waals surface area (Å²) in [5, 5.41) is 2.92. The summed E-state index contributed by atoms with van der Waals surface area (Å²) < 4.78 is 6.15. The SMILES string of the molecule is Cc1ccc(NC(=O)C2(C(N)=S)CCOCC2)c(Br)c1. The second kappa shape index (κ2) is 6.20. The molecule has 4 nitrogen and oxygen atoms in total. The van der Waals surface area contributed by atoms with E-state index in [9.17, 15) is 4.79 Å². The molecule has 0 aliphatic carbocycles. The van der Waals surface area contributed by atoms with E-state index in [0.717, 1.165) is 15.7 Å². The third kappa shape index (κ3) is 3.02. The van der Waals surface area contributed by atoms with E-state index in [2.05, 4.69) is 21.2 Å². The first kappa shape index (κ1) is 15.4. The smallest absolute Gasteiger partial charge is 0.237 e. The van der Waals surface area contributed by atoms with Crippen LogP contribution in [0.1, 0.15) is 18.4 Å². The number of nitrogens with one attached hydrogen (secondary N) is 1. The van der Waals surface area contributed by atoms with Crippen LogP contribution in [0.2, 0.25) is 0 Å². The van der Waals surface area contributed by atoms with E-state index in [1.165, 1.54) is 0 Å². The number of halogens is 1. The summed E-state index contributed by atoms with van der Waals surface area (Å²) in [6, 6.07) is 5.76. The number of anilines is 1. The Kier molecular flexibility index (Phi) is 4.78. The fourth-order valence-electron chi connectivity index (χ4n) is 2.27. The Morgan fingerprint density at radius 3 is 2.65 bits per heavy atom. The first-order chi connectivity index (χ1) is 9.45. The van der Waals surface area contributed by atoms with E-state index in [1.54, 1.807) is 0 Å². The molecule has 2 rings (SSSR count). The molecule has 0 bridgehead atoms. The molecule has 1 aliphatic rings. The van der Waals surface area contributed by atoms with Crippen LogP contribution in [-0.4, -0.2) is 24.1 Å². The number of aryl methyl sites for hydroxylation is 1. The van der Waals surface area contributed by atoms with E-state index in [0.29, 0.717) is 26.1 Å². The molecule has 108 valence electrons. The van der Waals surface area contributed by atoms with Gasteiger partial charge in [0.15, 0.2) is 0 Å². The summed E-state index contributed by atoms with van der Waals surface area (Å²) in [5.74, 6) is -0.155. The first-order valence-electron chi connectivity index (χ1n) is 6.41. The zero-order chi connectivity index (χ0) is 14.8. The zero-order valence-electron chi connectivity index (χ0n) is 11.2. The molecule has 20 heavy (non-hydrogen) atoms. The number of benzene rings is 1. The average Bonchev–Trinajstić information content (AvgIpc) is 2.42. The van der Waals surface area contributed by atoms with Crippen molar-refractivity contribution in [3.05, 3.63) is 28.2 Å². The van der Waals surface area contributed by atoms with E-state index >= 15 is 0 Å². The van der Waals surface area contributed by atoms with Gasteiger partial charge in [-0.05, 0) is 53.4 Å². The summed E-state index contributed by atoms with van der Waals surface area (Å²) in [6.07, 6.45) is 1.05. The minimum atomic E-state index is -0.808. The summed E-state index contributed by atoms with van der Waals surface area (Å²) in [7, 11) is 0. The lowest BCUT2D eigenvalue weighted by Gasteiger charge is -2.34. The molecule has 0 atom stereocenters. The lowest BCUT2D eigenvalue weighted by Crippen LogP contribution is -2.49. The number of ether oxygens (including phenoxy) is 1. The van der Waals surface area contributed by atoms with Gasteiger partial charge in [-0.15, -0.1) is 0 Å². The molecule has 1 fully saturated rings. The van der Waals surface area contributed by atoms with Gasteiger partial charge >= 0.3 is 0 Å². The van der Waals surface area contributed by atoms with Gasteiger partial charge in [0.25, 0.3) is 0 Å². The zero-order valence-corrected chi connectivity index (χ0v) is 13.6. The van der Waals surface area contributed by atoms with Gasteiger partial charge in [-0.2, -0.15) is 0 Å². The molecule has 1 amide bonds. The standard InChI is InChI=1S/C14H17BrN2O2S/c1-9-2-3-11(10(15)8-9)17-13(18)14(12(16)20)4-6-19-7-5-14/h2-3,8H,4-7H2,1H3,(H2,16,20)(H,17,18). The fraction of sp³-hybridized carbons (Fsp3) is 0.429. The number of hydrogen-bond donors (Lipinski definition) is 2. The van der Waals surface area contributed by atoms with E-state index < -0.39 is 5.41 Å². The van der Waals surface area contributed by atoms with Crippen LogP contribution >= 0.6 is 28.1 Å². The Balaban J connectivity index is 2.22. The maximum absolute atomic E-state index is 12.6. The Morgan fingerprint density at radius 1 is 1.45 bits per heavy atom. The fourth-order valence-corrected chi connectivity index (χ4v) is 3.16. The maximum atomic E-state index is 12.6. The number of thiocarbonyl (C=S) groups is 1. The topological polar surface area (TPSA) is 64.4 Å². The van der Waals surface area contributed by atoms with Crippen LogP contribution in [0.25, 0.3) is 0 Å². The van der Waals surface area contributed by atoms with Gasteiger partial charge in [0.1, 0.15) is 5.41 Å². The third-order valence-electron chi connectivity index (χ3n) is 3.63. The monoisotopic (exact) mass is 356 g/mol. The minimum absolute atomic E-state index is 0.155. The number of carbonyl (C=O) groups excluding carboxylic acids is 1. The van der Waals surface area contributed by atoms with Crippen molar-refractivity contribution in [2.75, 3.05) is 18.5 Å². The van der Waals surface area contributed by atoms with Crippen molar-refractivity contribution in [3.63, 3.8) is 0 Å². The Labute approximate surface area is 132 Å². The van der Waals surface area contributed by atoms with Crippen molar-refractivity contribution in [2.45, 2.75) is 19.8 Å². The van der Waals surface area contributed by atoms with Crippen LogP contribution in [0, 0.1) is 12.3 Å². The quantitative estimate of drug-likeness (QED) is 0.817. The summed E-state index contributed by atoms with van der Waals surface area (Å²) in [5.41, 5.74) is 6.86. The molecule has 1 aromatic rings. The molecule has 0 aromatic heterocycles. The Morgan fingerprint density at radius 2 is 2.10 bits per heavy atom. The average molecular weight is 357 g/mol. The largest absolute Gasteiger partial charge is 0.392 e. The van der Waals surface area contributed by atoms with Gasteiger partial charge in [-0.3, -0.25) is 4.79 Å². The lowest BCUT2D eigenvalue weighted by atomic mass is 9.79. The number of nitrogens with two attached hydrogens (primary N) is 1. The highest BCUT2D eigenvalue weighted by atomic mass is 79.9. The van der Waals surface area contributed by atoms with Crippen LogP contribution in [0.3, 0.4) is 0 Å². The Hall–Kier alpha value is -0.980. The van der Waals surface area contributed by atoms with Gasteiger partial charge in [-0.1, -0.05) is 18.3 Å². The number of amides is 1. The maximum Gasteiger partial charge on any atom is 0.237 e. The van der Waals surface area contributed by atoms with Crippen LogP contribution < -0.4 is 11.1 Å². The van der Waals surface area contributed by atoms with Crippen molar-refractivity contribution in [1.29, 1.82) is 0 Å². The molecule has 0 radical (unpaired) electrons. The third-order valence-corrected chi connectivity index (χ3v) is 4.67. The van der Waals surface area contributed by atoms with Crippen molar-refractivity contribution in [1.82, 2.24) is 0 Å². The number of rotatable bonds is 3. The second-order valence-corrected chi connectivity index (χ2v) is 6.29.